The maximum atomic E-state index is 6.02. The molecule has 0 unspecified atom stereocenters. The molecule has 0 aromatic rings. The molecule has 0 aromatic heterocycles. The number of hydrogen-bond acceptors (Lipinski definition) is 4. The smallest absolute Gasteiger partial charge is 0.191 e. The quantitative estimate of drug-likeness (QED) is 0.169. The summed E-state index contributed by atoms with van der Waals surface area (Å²) in [5.41, 5.74) is 0. The molecular weight excluding hydrogens is 453 g/mol. The van der Waals surface area contributed by atoms with E-state index in [0.717, 1.165) is 25.7 Å². The van der Waals surface area contributed by atoms with Gasteiger partial charge in [0.15, 0.2) is 5.96 Å². The van der Waals surface area contributed by atoms with Crippen molar-refractivity contribution in [3.63, 3.8) is 0 Å². The molecule has 7 heteroatoms. The zero-order chi connectivity index (χ0) is 18.5. The van der Waals surface area contributed by atoms with Gasteiger partial charge in [0.2, 0.25) is 0 Å². The molecule has 1 aliphatic heterocycles. The minimum Gasteiger partial charge on any atom is -0.376 e. The van der Waals surface area contributed by atoms with Crippen LogP contribution < -0.4 is 10.6 Å². The van der Waals surface area contributed by atoms with E-state index in [2.05, 4.69) is 32.5 Å². The summed E-state index contributed by atoms with van der Waals surface area (Å²) in [6.45, 7) is 8.65. The van der Waals surface area contributed by atoms with Gasteiger partial charge in [0.25, 0.3) is 0 Å². The summed E-state index contributed by atoms with van der Waals surface area (Å²) in [7, 11) is 4.05. The number of nitrogens with zero attached hydrogens (tertiary/aromatic N) is 3. The summed E-state index contributed by atoms with van der Waals surface area (Å²) >= 11 is 0. The number of ether oxygens (including phenoxy) is 1. The van der Waals surface area contributed by atoms with Crippen LogP contribution in [0.4, 0.5) is 0 Å². The Morgan fingerprint density at radius 2 is 1.63 bits per heavy atom. The van der Waals surface area contributed by atoms with Crippen LogP contribution in [-0.2, 0) is 4.74 Å². The van der Waals surface area contributed by atoms with Crippen LogP contribution in [0.1, 0.15) is 51.4 Å². The highest BCUT2D eigenvalue weighted by molar-refractivity contribution is 14.0. The summed E-state index contributed by atoms with van der Waals surface area (Å²) in [6, 6.07) is 0. The van der Waals surface area contributed by atoms with Crippen LogP contribution in [0.25, 0.3) is 0 Å². The molecule has 0 amide bonds. The first-order valence-electron chi connectivity index (χ1n) is 10.7. The van der Waals surface area contributed by atoms with Gasteiger partial charge in [-0.3, -0.25) is 4.99 Å². The van der Waals surface area contributed by atoms with Gasteiger partial charge in [0.1, 0.15) is 0 Å². The van der Waals surface area contributed by atoms with E-state index < -0.39 is 0 Å². The van der Waals surface area contributed by atoms with Gasteiger partial charge in [0.05, 0.1) is 12.7 Å². The number of unbranched alkanes of at least 4 members (excludes halogenated alkanes) is 1. The van der Waals surface area contributed by atoms with E-state index in [0.29, 0.717) is 6.10 Å². The normalized spacial score (nSPS) is 20.7. The van der Waals surface area contributed by atoms with Gasteiger partial charge in [-0.15, -0.1) is 24.0 Å². The van der Waals surface area contributed by atoms with E-state index in [9.17, 15) is 0 Å². The fourth-order valence-corrected chi connectivity index (χ4v) is 3.76. The molecule has 1 heterocycles. The number of rotatable bonds is 9. The largest absolute Gasteiger partial charge is 0.376 e. The van der Waals surface area contributed by atoms with E-state index in [-0.39, 0.29) is 24.0 Å². The Hall–Kier alpha value is -0.120. The molecule has 160 valence electrons. The third kappa shape index (κ3) is 11.5. The fraction of sp³-hybridized carbons (Fsp3) is 0.950. The van der Waals surface area contributed by atoms with Gasteiger partial charge < -0.3 is 25.2 Å². The topological polar surface area (TPSA) is 52.1 Å². The second kappa shape index (κ2) is 15.8. The average molecular weight is 495 g/mol. The van der Waals surface area contributed by atoms with Crippen molar-refractivity contribution in [2.45, 2.75) is 57.5 Å². The van der Waals surface area contributed by atoms with E-state index in [1.54, 1.807) is 0 Å². The Labute approximate surface area is 183 Å². The number of likely N-dealkylation sites (N-methyl/N-ethyl adjacent to an activating group) is 1. The Morgan fingerprint density at radius 1 is 0.963 bits per heavy atom. The molecule has 0 spiro atoms. The van der Waals surface area contributed by atoms with Crippen molar-refractivity contribution in [3.05, 3.63) is 0 Å². The highest BCUT2D eigenvalue weighted by Gasteiger charge is 2.13. The van der Waals surface area contributed by atoms with Crippen LogP contribution in [0.2, 0.25) is 0 Å². The molecule has 2 N–H and O–H groups in total. The average Bonchev–Trinajstić information content (AvgIpc) is 2.93. The molecule has 2 aliphatic rings. The zero-order valence-electron chi connectivity index (χ0n) is 17.5. The number of aliphatic imine (C=N–C) groups is 1. The highest BCUT2D eigenvalue weighted by Crippen LogP contribution is 2.19. The Kier molecular flexibility index (Phi) is 14.5. The Balaban J connectivity index is 0.00000364. The molecule has 0 radical (unpaired) electrons. The van der Waals surface area contributed by atoms with Crippen LogP contribution in [0.5, 0.6) is 0 Å². The van der Waals surface area contributed by atoms with Gasteiger partial charge >= 0.3 is 0 Å². The van der Waals surface area contributed by atoms with Crippen molar-refractivity contribution in [2.24, 2.45) is 4.99 Å². The molecule has 1 aliphatic carbocycles. The molecule has 1 saturated heterocycles. The van der Waals surface area contributed by atoms with Crippen LogP contribution in [0.3, 0.4) is 0 Å². The molecule has 0 aromatic carbocycles. The number of guanidine groups is 1. The van der Waals surface area contributed by atoms with Crippen molar-refractivity contribution in [2.75, 3.05) is 66.5 Å². The van der Waals surface area contributed by atoms with Gasteiger partial charge in [-0.25, -0.2) is 0 Å². The third-order valence-corrected chi connectivity index (χ3v) is 5.56. The van der Waals surface area contributed by atoms with Crippen molar-refractivity contribution in [3.8, 4) is 0 Å². The third-order valence-electron chi connectivity index (χ3n) is 5.56. The molecule has 0 atom stereocenters. The molecule has 27 heavy (non-hydrogen) atoms. The minimum absolute atomic E-state index is 0. The first-order chi connectivity index (χ1) is 12.8. The Morgan fingerprint density at radius 3 is 2.30 bits per heavy atom. The summed E-state index contributed by atoms with van der Waals surface area (Å²) in [6.07, 6.45) is 10.8. The number of halogens is 1. The van der Waals surface area contributed by atoms with E-state index in [1.807, 2.05) is 7.05 Å². The maximum absolute atomic E-state index is 6.02. The summed E-state index contributed by atoms with van der Waals surface area (Å²) in [5.74, 6) is 0.897. The standard InChI is InChI=1S/C20H41N5O.HI/c1-21-20(23-12-18-26-19-9-5-3-4-6-10-19)22-11-7-8-13-25-16-14-24(2)15-17-25;/h19H,3-18H2,1-2H3,(H2,21,22,23);1H. The molecule has 2 rings (SSSR count). The van der Waals surface area contributed by atoms with Gasteiger partial charge in [-0.2, -0.15) is 0 Å². The zero-order valence-corrected chi connectivity index (χ0v) is 19.9. The fourth-order valence-electron chi connectivity index (χ4n) is 3.76. The predicted molar refractivity (Wildman–Crippen MR) is 125 cm³/mol. The molecule has 2 fully saturated rings. The number of hydrogen-bond donors (Lipinski definition) is 2. The lowest BCUT2D eigenvalue weighted by Gasteiger charge is -2.32. The summed E-state index contributed by atoms with van der Waals surface area (Å²) < 4.78 is 6.02. The van der Waals surface area contributed by atoms with E-state index in [1.165, 1.54) is 84.1 Å². The second-order valence-corrected chi connectivity index (χ2v) is 7.76. The summed E-state index contributed by atoms with van der Waals surface area (Å²) in [5, 5.41) is 6.79. The minimum atomic E-state index is 0. The lowest BCUT2D eigenvalue weighted by molar-refractivity contribution is 0.0468. The van der Waals surface area contributed by atoms with Crippen molar-refractivity contribution < 1.29 is 4.74 Å². The van der Waals surface area contributed by atoms with Gasteiger partial charge in [-0.05, 0) is 39.3 Å². The highest BCUT2D eigenvalue weighted by atomic mass is 127. The molecular formula is C20H42IN5O. The van der Waals surface area contributed by atoms with E-state index >= 15 is 0 Å². The van der Waals surface area contributed by atoms with Crippen molar-refractivity contribution in [1.82, 2.24) is 20.4 Å². The lowest BCUT2D eigenvalue weighted by Crippen LogP contribution is -2.44. The Bertz CT molecular complexity index is 381. The number of piperazine rings is 1. The van der Waals surface area contributed by atoms with Crippen molar-refractivity contribution >= 4 is 29.9 Å². The maximum Gasteiger partial charge on any atom is 0.191 e. The molecule has 0 bridgehead atoms. The number of nitrogens with one attached hydrogen (secondary N) is 2. The first kappa shape index (κ1) is 24.9. The van der Waals surface area contributed by atoms with Crippen LogP contribution in [0, 0.1) is 0 Å². The molecule has 1 saturated carbocycles. The predicted octanol–water partition coefficient (Wildman–Crippen LogP) is 2.54. The summed E-state index contributed by atoms with van der Waals surface area (Å²) in [4.78, 5) is 9.30. The first-order valence-corrected chi connectivity index (χ1v) is 10.7. The van der Waals surface area contributed by atoms with Crippen LogP contribution >= 0.6 is 24.0 Å². The second-order valence-electron chi connectivity index (χ2n) is 7.76. The SMILES string of the molecule is CN=C(NCCCCN1CCN(C)CC1)NCCOC1CCCCCC1.I. The van der Waals surface area contributed by atoms with Gasteiger partial charge in [-0.1, -0.05) is 25.7 Å². The van der Waals surface area contributed by atoms with Crippen LogP contribution in [-0.4, -0.2) is 88.4 Å². The van der Waals surface area contributed by atoms with E-state index in [4.69, 9.17) is 4.74 Å². The monoisotopic (exact) mass is 495 g/mol. The lowest BCUT2D eigenvalue weighted by atomic mass is 10.1. The van der Waals surface area contributed by atoms with Gasteiger partial charge in [0, 0.05) is 46.3 Å². The van der Waals surface area contributed by atoms with Crippen molar-refractivity contribution in [1.29, 1.82) is 0 Å². The van der Waals surface area contributed by atoms with Crippen LogP contribution in [0.15, 0.2) is 4.99 Å². The molecule has 6 nitrogen and oxygen atoms in total.